The molecular weight excluding hydrogens is 350 g/mol. The van der Waals surface area contributed by atoms with Gasteiger partial charge in [-0.1, -0.05) is 56.3 Å². The van der Waals surface area contributed by atoms with Gasteiger partial charge in [-0.3, -0.25) is 4.79 Å². The average molecular weight is 375 g/mol. The number of benzene rings is 2. The Hall–Kier alpha value is -2.92. The summed E-state index contributed by atoms with van der Waals surface area (Å²) in [6.45, 7) is 5.53. The van der Waals surface area contributed by atoms with Gasteiger partial charge in [0.2, 0.25) is 5.89 Å². The average Bonchev–Trinajstić information content (AvgIpc) is 3.20. The quantitative estimate of drug-likeness (QED) is 0.744. The predicted molar refractivity (Wildman–Crippen MR) is 110 cm³/mol. The lowest BCUT2D eigenvalue weighted by Gasteiger charge is -2.42. The van der Waals surface area contributed by atoms with E-state index in [4.69, 9.17) is 10.2 Å². The van der Waals surface area contributed by atoms with Gasteiger partial charge in [0, 0.05) is 30.3 Å². The molecular formula is C23H25N3O2. The van der Waals surface area contributed by atoms with Crippen LogP contribution in [0, 0.1) is 5.41 Å². The number of nitrogens with zero attached hydrogens (tertiary/aromatic N) is 2. The second-order valence-electron chi connectivity index (χ2n) is 8.05. The van der Waals surface area contributed by atoms with Crippen LogP contribution in [0.3, 0.4) is 0 Å². The van der Waals surface area contributed by atoms with Crippen molar-refractivity contribution in [3.05, 3.63) is 66.4 Å². The first-order chi connectivity index (χ1) is 13.5. The zero-order valence-corrected chi connectivity index (χ0v) is 16.3. The Balaban J connectivity index is 1.65. The Labute approximate surface area is 165 Å². The number of carbonyl (C=O) groups is 1. The SMILES string of the molecule is CC1(C)CN(C(=O)c2ccccc2-c2ncc(-c3ccccc3)o2)CCC1N. The maximum atomic E-state index is 13.3. The van der Waals surface area contributed by atoms with Crippen LogP contribution < -0.4 is 5.73 Å². The molecule has 2 N–H and O–H groups in total. The summed E-state index contributed by atoms with van der Waals surface area (Å²) in [5.74, 6) is 1.13. The fourth-order valence-electron chi connectivity index (χ4n) is 3.71. The molecule has 1 aromatic heterocycles. The number of nitrogens with two attached hydrogens (primary N) is 1. The van der Waals surface area contributed by atoms with Crippen LogP contribution in [0.25, 0.3) is 22.8 Å². The summed E-state index contributed by atoms with van der Waals surface area (Å²) in [5.41, 5.74) is 8.40. The fraction of sp³-hybridized carbons (Fsp3) is 0.304. The molecule has 0 saturated carbocycles. The number of likely N-dealkylation sites (tertiary alicyclic amines) is 1. The van der Waals surface area contributed by atoms with Crippen molar-refractivity contribution in [1.82, 2.24) is 9.88 Å². The molecule has 1 unspecified atom stereocenters. The summed E-state index contributed by atoms with van der Waals surface area (Å²) in [6, 6.07) is 17.4. The molecule has 1 aliphatic heterocycles. The second kappa shape index (κ2) is 7.24. The molecule has 0 bridgehead atoms. The van der Waals surface area contributed by atoms with Crippen molar-refractivity contribution in [3.8, 4) is 22.8 Å². The molecule has 2 aromatic carbocycles. The lowest BCUT2D eigenvalue weighted by molar-refractivity contribution is 0.0533. The van der Waals surface area contributed by atoms with E-state index in [9.17, 15) is 4.79 Å². The van der Waals surface area contributed by atoms with Gasteiger partial charge in [-0.15, -0.1) is 0 Å². The van der Waals surface area contributed by atoms with Crippen LogP contribution in [0.15, 0.2) is 65.2 Å². The van der Waals surface area contributed by atoms with Crippen molar-refractivity contribution in [2.24, 2.45) is 11.1 Å². The van der Waals surface area contributed by atoms with Crippen LogP contribution in [0.5, 0.6) is 0 Å². The van der Waals surface area contributed by atoms with E-state index < -0.39 is 0 Å². The van der Waals surface area contributed by atoms with Gasteiger partial charge in [0.05, 0.1) is 11.8 Å². The third-order valence-corrected chi connectivity index (χ3v) is 5.55. The lowest BCUT2D eigenvalue weighted by Crippen LogP contribution is -2.54. The number of aromatic nitrogens is 1. The summed E-state index contributed by atoms with van der Waals surface area (Å²) in [4.78, 5) is 19.6. The first-order valence-corrected chi connectivity index (χ1v) is 9.61. The first-order valence-electron chi connectivity index (χ1n) is 9.61. The summed E-state index contributed by atoms with van der Waals surface area (Å²) >= 11 is 0. The molecule has 0 spiro atoms. The molecule has 1 aliphatic rings. The summed E-state index contributed by atoms with van der Waals surface area (Å²) in [7, 11) is 0. The number of rotatable bonds is 3. The zero-order valence-electron chi connectivity index (χ0n) is 16.3. The maximum absolute atomic E-state index is 13.3. The van der Waals surface area contributed by atoms with Crippen molar-refractivity contribution in [2.45, 2.75) is 26.3 Å². The van der Waals surface area contributed by atoms with Crippen molar-refractivity contribution in [1.29, 1.82) is 0 Å². The highest BCUT2D eigenvalue weighted by Crippen LogP contribution is 2.32. The highest BCUT2D eigenvalue weighted by molar-refractivity contribution is 6.00. The molecule has 1 saturated heterocycles. The van der Waals surface area contributed by atoms with Crippen LogP contribution in [-0.2, 0) is 0 Å². The van der Waals surface area contributed by atoms with Crippen molar-refractivity contribution in [3.63, 3.8) is 0 Å². The van der Waals surface area contributed by atoms with Crippen molar-refractivity contribution < 1.29 is 9.21 Å². The molecule has 5 heteroatoms. The topological polar surface area (TPSA) is 72.4 Å². The molecule has 3 aromatic rings. The minimum absolute atomic E-state index is 0.00460. The number of oxazole rings is 1. The molecule has 1 atom stereocenters. The van der Waals surface area contributed by atoms with Crippen LogP contribution in [0.2, 0.25) is 0 Å². The van der Waals surface area contributed by atoms with Gasteiger partial charge in [-0.2, -0.15) is 0 Å². The van der Waals surface area contributed by atoms with E-state index in [1.165, 1.54) is 0 Å². The second-order valence-corrected chi connectivity index (χ2v) is 8.05. The van der Waals surface area contributed by atoms with E-state index in [1.807, 2.05) is 59.5 Å². The first kappa shape index (κ1) is 18.4. The standard InChI is InChI=1S/C23H25N3O2/c1-23(2)15-26(13-12-20(23)24)22(27)18-11-7-6-10-17(18)21-25-14-19(28-21)16-8-4-3-5-9-16/h3-11,14,20H,12-13,15,24H2,1-2H3. The van der Waals surface area contributed by atoms with Gasteiger partial charge in [0.15, 0.2) is 5.76 Å². The zero-order chi connectivity index (χ0) is 19.7. The highest BCUT2D eigenvalue weighted by atomic mass is 16.4. The molecule has 28 heavy (non-hydrogen) atoms. The molecule has 2 heterocycles. The normalized spacial score (nSPS) is 18.8. The molecule has 0 aliphatic carbocycles. The summed E-state index contributed by atoms with van der Waals surface area (Å²) < 4.78 is 5.99. The molecule has 4 rings (SSSR count). The minimum atomic E-state index is -0.105. The summed E-state index contributed by atoms with van der Waals surface area (Å²) in [5, 5.41) is 0. The lowest BCUT2D eigenvalue weighted by atomic mass is 9.79. The maximum Gasteiger partial charge on any atom is 0.254 e. The van der Waals surface area contributed by atoms with Gasteiger partial charge in [0.1, 0.15) is 0 Å². The van der Waals surface area contributed by atoms with E-state index in [-0.39, 0.29) is 17.4 Å². The molecule has 1 fully saturated rings. The molecule has 0 radical (unpaired) electrons. The summed E-state index contributed by atoms with van der Waals surface area (Å²) in [6.07, 6.45) is 2.51. The number of hydrogen-bond donors (Lipinski definition) is 1. The van der Waals surface area contributed by atoms with Crippen molar-refractivity contribution in [2.75, 3.05) is 13.1 Å². The number of amides is 1. The monoisotopic (exact) mass is 375 g/mol. The van der Waals surface area contributed by atoms with Gasteiger partial charge < -0.3 is 15.1 Å². The highest BCUT2D eigenvalue weighted by Gasteiger charge is 2.36. The Kier molecular flexibility index (Phi) is 4.77. The van der Waals surface area contributed by atoms with Crippen LogP contribution in [0.1, 0.15) is 30.6 Å². The van der Waals surface area contributed by atoms with Crippen LogP contribution in [-0.4, -0.2) is 34.9 Å². The Morgan fingerprint density at radius 2 is 1.86 bits per heavy atom. The van der Waals surface area contributed by atoms with Gasteiger partial charge >= 0.3 is 0 Å². The third-order valence-electron chi connectivity index (χ3n) is 5.55. The van der Waals surface area contributed by atoms with E-state index in [1.54, 1.807) is 6.20 Å². The molecule has 144 valence electrons. The largest absolute Gasteiger partial charge is 0.436 e. The number of hydrogen-bond acceptors (Lipinski definition) is 4. The molecule has 5 nitrogen and oxygen atoms in total. The minimum Gasteiger partial charge on any atom is -0.436 e. The fourth-order valence-corrected chi connectivity index (χ4v) is 3.71. The van der Waals surface area contributed by atoms with E-state index in [0.717, 1.165) is 12.0 Å². The van der Waals surface area contributed by atoms with Gasteiger partial charge in [0.25, 0.3) is 5.91 Å². The van der Waals surface area contributed by atoms with Crippen LogP contribution >= 0.6 is 0 Å². The Morgan fingerprint density at radius 1 is 1.14 bits per heavy atom. The Morgan fingerprint density at radius 3 is 2.61 bits per heavy atom. The number of carbonyl (C=O) groups excluding carboxylic acids is 1. The smallest absolute Gasteiger partial charge is 0.254 e. The van der Waals surface area contributed by atoms with Crippen molar-refractivity contribution >= 4 is 5.91 Å². The van der Waals surface area contributed by atoms with Gasteiger partial charge in [-0.25, -0.2) is 4.98 Å². The Bertz CT molecular complexity index is 978. The van der Waals surface area contributed by atoms with Crippen LogP contribution in [0.4, 0.5) is 0 Å². The number of piperidine rings is 1. The van der Waals surface area contributed by atoms with E-state index in [0.29, 0.717) is 35.9 Å². The third kappa shape index (κ3) is 3.45. The van der Waals surface area contributed by atoms with Gasteiger partial charge in [-0.05, 0) is 24.0 Å². The van der Waals surface area contributed by atoms with E-state index in [2.05, 4.69) is 18.8 Å². The van der Waals surface area contributed by atoms with E-state index >= 15 is 0 Å². The molecule has 1 amide bonds. The predicted octanol–water partition coefficient (Wildman–Crippen LogP) is 4.21.